The highest BCUT2D eigenvalue weighted by molar-refractivity contribution is 7.46. The van der Waals surface area contributed by atoms with Gasteiger partial charge in [-0.25, -0.2) is 9.36 Å². The fourth-order valence-electron chi connectivity index (χ4n) is 1.88. The first-order valence-electron chi connectivity index (χ1n) is 6.28. The van der Waals surface area contributed by atoms with E-state index >= 15 is 0 Å². The lowest BCUT2D eigenvalue weighted by molar-refractivity contribution is -0.140. The van der Waals surface area contributed by atoms with Gasteiger partial charge in [-0.1, -0.05) is 0 Å². The zero-order chi connectivity index (χ0) is 19.4. The number of phosphoric acid groups is 1. The molecule has 1 aliphatic rings. The van der Waals surface area contributed by atoms with E-state index in [1.165, 1.54) is 0 Å². The van der Waals surface area contributed by atoms with Crippen LogP contribution in [0.3, 0.4) is 0 Å². The number of rotatable bonds is 4. The van der Waals surface area contributed by atoms with Gasteiger partial charge in [-0.15, -0.1) is 0 Å². The van der Waals surface area contributed by atoms with Crippen molar-refractivity contribution in [2.75, 3.05) is 12.3 Å². The molecule has 2 heterocycles. The number of anilines is 1. The van der Waals surface area contributed by atoms with Gasteiger partial charge in [0, 0.05) is 6.20 Å². The van der Waals surface area contributed by atoms with Gasteiger partial charge < -0.3 is 30.5 Å². The first-order valence-corrected chi connectivity index (χ1v) is 7.81. The summed E-state index contributed by atoms with van der Waals surface area (Å²) in [4.78, 5) is 40.3. The standard InChI is InChI=1S/C9H12F2N3O7P.CH2O2/c10-9(11)6(15)4(3-20-22(17,18)19)21-7(9)14-2-1-5(12)13-8(14)16;2-1-3/h1-2,4,6-7,15H,3H2,(H2,12,13,16)(H2,17,18,19);1H,(H,2,3)/t4-,6+,7-;/m1./s1. The van der Waals surface area contributed by atoms with Crippen LogP contribution in [0.25, 0.3) is 0 Å². The third-order valence-electron chi connectivity index (χ3n) is 2.89. The number of carboxylic acid groups (broad SMARTS) is 1. The fourth-order valence-corrected chi connectivity index (χ4v) is 2.22. The van der Waals surface area contributed by atoms with Crippen molar-refractivity contribution in [2.24, 2.45) is 0 Å². The van der Waals surface area contributed by atoms with Gasteiger partial charge >= 0.3 is 19.4 Å². The van der Waals surface area contributed by atoms with Crippen LogP contribution in [0.2, 0.25) is 0 Å². The number of nitrogens with zero attached hydrogens (tertiary/aromatic N) is 2. The molecule has 0 radical (unpaired) electrons. The first kappa shape index (κ1) is 21.1. The topological polar surface area (TPSA) is 194 Å². The van der Waals surface area contributed by atoms with E-state index in [-0.39, 0.29) is 12.3 Å². The van der Waals surface area contributed by atoms with Gasteiger partial charge in [0.25, 0.3) is 6.47 Å². The van der Waals surface area contributed by atoms with E-state index in [1.54, 1.807) is 0 Å². The third-order valence-corrected chi connectivity index (χ3v) is 3.38. The molecule has 6 N–H and O–H groups in total. The highest BCUT2D eigenvalue weighted by Gasteiger charge is 2.60. The number of aliphatic hydroxyl groups is 1. The number of alkyl halides is 2. The molecule has 1 saturated heterocycles. The van der Waals surface area contributed by atoms with Crippen molar-refractivity contribution in [1.82, 2.24) is 9.55 Å². The van der Waals surface area contributed by atoms with Crippen molar-refractivity contribution in [1.29, 1.82) is 0 Å². The predicted molar refractivity (Wildman–Crippen MR) is 74.5 cm³/mol. The van der Waals surface area contributed by atoms with Crippen LogP contribution in [-0.2, 0) is 18.6 Å². The summed E-state index contributed by atoms with van der Waals surface area (Å²) in [6, 6.07) is 1.08. The summed E-state index contributed by atoms with van der Waals surface area (Å²) < 4.78 is 47.8. The molecule has 0 spiro atoms. The van der Waals surface area contributed by atoms with Gasteiger partial charge in [0.1, 0.15) is 11.9 Å². The Bertz CT molecular complexity index is 709. The lowest BCUT2D eigenvalue weighted by Crippen LogP contribution is -2.41. The second-order valence-electron chi connectivity index (χ2n) is 4.58. The molecule has 1 aromatic heterocycles. The second kappa shape index (κ2) is 7.95. The quantitative estimate of drug-likeness (QED) is 0.298. The number of halogens is 2. The Balaban J connectivity index is 0.000000970. The van der Waals surface area contributed by atoms with E-state index in [4.69, 9.17) is 30.2 Å². The zero-order valence-electron chi connectivity index (χ0n) is 12.2. The number of hydrogen-bond donors (Lipinski definition) is 5. The van der Waals surface area contributed by atoms with Crippen molar-refractivity contribution in [3.8, 4) is 0 Å². The molecule has 1 fully saturated rings. The van der Waals surface area contributed by atoms with Crippen LogP contribution in [0, 0.1) is 0 Å². The summed E-state index contributed by atoms with van der Waals surface area (Å²) in [5.74, 6) is -4.10. The maximum atomic E-state index is 14.0. The molecule has 0 saturated carbocycles. The van der Waals surface area contributed by atoms with Crippen LogP contribution in [-0.4, -0.2) is 60.8 Å². The Kier molecular flexibility index (Phi) is 6.70. The lowest BCUT2D eigenvalue weighted by atomic mass is 10.1. The van der Waals surface area contributed by atoms with E-state index in [9.17, 15) is 23.2 Å². The predicted octanol–water partition coefficient (Wildman–Crippen LogP) is -1.47. The molecular weight excluding hydrogens is 375 g/mol. The van der Waals surface area contributed by atoms with Crippen molar-refractivity contribution in [2.45, 2.75) is 24.4 Å². The molecule has 15 heteroatoms. The van der Waals surface area contributed by atoms with Crippen molar-refractivity contribution < 1.29 is 47.4 Å². The van der Waals surface area contributed by atoms with Crippen LogP contribution in [0.15, 0.2) is 17.1 Å². The van der Waals surface area contributed by atoms with Gasteiger partial charge in [-0.05, 0) is 6.07 Å². The third kappa shape index (κ3) is 5.26. The Hall–Kier alpha value is -1.96. The van der Waals surface area contributed by atoms with Crippen LogP contribution < -0.4 is 11.4 Å². The summed E-state index contributed by atoms with van der Waals surface area (Å²) in [7, 11) is -4.93. The van der Waals surface area contributed by atoms with Crippen LogP contribution in [0.4, 0.5) is 14.6 Å². The summed E-state index contributed by atoms with van der Waals surface area (Å²) in [6.45, 7) is -1.24. The number of aliphatic hydroxyl groups excluding tert-OH is 1. The molecule has 0 unspecified atom stereocenters. The molecule has 142 valence electrons. The van der Waals surface area contributed by atoms with Crippen molar-refractivity contribution in [3.63, 3.8) is 0 Å². The minimum atomic E-state index is -4.93. The zero-order valence-corrected chi connectivity index (χ0v) is 13.1. The smallest absolute Gasteiger partial charge is 0.469 e. The number of nitrogen functional groups attached to an aromatic ring is 1. The molecule has 0 aliphatic carbocycles. The summed E-state index contributed by atoms with van der Waals surface area (Å²) in [5, 5.41) is 16.4. The number of nitrogens with two attached hydrogens (primary N) is 1. The average Bonchev–Trinajstić information content (AvgIpc) is 2.69. The molecule has 25 heavy (non-hydrogen) atoms. The van der Waals surface area contributed by atoms with Gasteiger partial charge in [0.2, 0.25) is 6.23 Å². The minimum Gasteiger partial charge on any atom is -0.483 e. The molecule has 2 rings (SSSR count). The maximum Gasteiger partial charge on any atom is 0.469 e. The van der Waals surface area contributed by atoms with Crippen LogP contribution >= 0.6 is 7.82 Å². The Labute approximate surface area is 137 Å². The van der Waals surface area contributed by atoms with E-state index in [1.807, 2.05) is 0 Å². The highest BCUT2D eigenvalue weighted by atomic mass is 31.2. The normalized spacial score (nSPS) is 25.1. The molecule has 0 bridgehead atoms. The van der Waals surface area contributed by atoms with E-state index in [0.717, 1.165) is 12.3 Å². The largest absolute Gasteiger partial charge is 0.483 e. The molecule has 3 atom stereocenters. The lowest BCUT2D eigenvalue weighted by Gasteiger charge is -2.20. The summed E-state index contributed by atoms with van der Waals surface area (Å²) >= 11 is 0. The Morgan fingerprint density at radius 1 is 1.52 bits per heavy atom. The Morgan fingerprint density at radius 3 is 2.56 bits per heavy atom. The van der Waals surface area contributed by atoms with Crippen LogP contribution in [0.5, 0.6) is 0 Å². The number of hydrogen-bond acceptors (Lipinski definition) is 8. The van der Waals surface area contributed by atoms with Gasteiger partial charge in [0.15, 0.2) is 6.10 Å². The monoisotopic (exact) mass is 389 g/mol. The van der Waals surface area contributed by atoms with Crippen LogP contribution in [0.1, 0.15) is 6.23 Å². The van der Waals surface area contributed by atoms with Gasteiger partial charge in [-0.3, -0.25) is 13.9 Å². The van der Waals surface area contributed by atoms with Gasteiger partial charge in [-0.2, -0.15) is 13.8 Å². The van der Waals surface area contributed by atoms with E-state index < -0.39 is 44.5 Å². The van der Waals surface area contributed by atoms with Gasteiger partial charge in [0.05, 0.1) is 6.61 Å². The number of phosphoric ester groups is 1. The average molecular weight is 389 g/mol. The number of aromatic nitrogens is 2. The first-order chi connectivity index (χ1) is 11.4. The molecular formula is C10H14F2N3O9P. The molecule has 0 amide bonds. The number of carbonyl (C=O) groups is 1. The molecule has 1 aliphatic heterocycles. The van der Waals surface area contributed by atoms with Crippen molar-refractivity contribution >= 4 is 20.1 Å². The molecule has 12 nitrogen and oxygen atoms in total. The van der Waals surface area contributed by atoms with Crippen molar-refractivity contribution in [3.05, 3.63) is 22.7 Å². The minimum absolute atomic E-state index is 0.190. The molecule has 1 aromatic rings. The summed E-state index contributed by atoms with van der Waals surface area (Å²) in [6.07, 6.45) is -5.50. The SMILES string of the molecule is Nc1ccn([C@@H]2O[C@H](COP(=O)(O)O)[C@H](O)C2(F)F)c(=O)n1.O=CO. The number of ether oxygens (including phenoxy) is 1. The van der Waals surface area contributed by atoms with E-state index in [0.29, 0.717) is 4.57 Å². The summed E-state index contributed by atoms with van der Waals surface area (Å²) in [5.41, 5.74) is 4.10. The maximum absolute atomic E-state index is 14.0. The fraction of sp³-hybridized carbons (Fsp3) is 0.500. The Morgan fingerprint density at radius 2 is 2.08 bits per heavy atom. The highest BCUT2D eigenvalue weighted by Crippen LogP contribution is 2.44. The second-order valence-corrected chi connectivity index (χ2v) is 5.82. The molecule has 0 aromatic carbocycles. The van der Waals surface area contributed by atoms with E-state index in [2.05, 4.69) is 9.51 Å².